The molecule has 1 fully saturated rings. The van der Waals surface area contributed by atoms with Crippen LogP contribution in [-0.2, 0) is 6.54 Å². The zero-order valence-corrected chi connectivity index (χ0v) is 12.1. The highest BCUT2D eigenvalue weighted by Crippen LogP contribution is 2.34. The third kappa shape index (κ3) is 3.05. The van der Waals surface area contributed by atoms with Crippen molar-refractivity contribution >= 4 is 22.9 Å². The van der Waals surface area contributed by atoms with Crippen molar-refractivity contribution in [2.45, 2.75) is 25.4 Å². The van der Waals surface area contributed by atoms with E-state index in [0.29, 0.717) is 11.1 Å². The zero-order chi connectivity index (χ0) is 13.2. The minimum Gasteiger partial charge on any atom is -0.496 e. The van der Waals surface area contributed by atoms with Gasteiger partial charge in [-0.15, -0.1) is 10.2 Å². The SMILES string of the molecule is COc1cc(Cl)ccc1-c1nnc(CNC2CC2)s1. The van der Waals surface area contributed by atoms with E-state index in [0.717, 1.165) is 27.9 Å². The lowest BCUT2D eigenvalue weighted by Crippen LogP contribution is -2.14. The highest BCUT2D eigenvalue weighted by molar-refractivity contribution is 7.14. The van der Waals surface area contributed by atoms with Gasteiger partial charge in [0.05, 0.1) is 12.7 Å². The lowest BCUT2D eigenvalue weighted by Gasteiger charge is -2.05. The van der Waals surface area contributed by atoms with Gasteiger partial charge in [-0.3, -0.25) is 0 Å². The van der Waals surface area contributed by atoms with Gasteiger partial charge in [0, 0.05) is 17.6 Å². The number of aromatic nitrogens is 2. The number of methoxy groups -OCH3 is 1. The van der Waals surface area contributed by atoms with E-state index in [4.69, 9.17) is 16.3 Å². The predicted molar refractivity (Wildman–Crippen MR) is 76.8 cm³/mol. The Kier molecular flexibility index (Phi) is 3.68. The van der Waals surface area contributed by atoms with Gasteiger partial charge in [-0.1, -0.05) is 22.9 Å². The van der Waals surface area contributed by atoms with Gasteiger partial charge in [0.25, 0.3) is 0 Å². The molecule has 0 aliphatic heterocycles. The van der Waals surface area contributed by atoms with Crippen LogP contribution in [0.2, 0.25) is 5.02 Å². The van der Waals surface area contributed by atoms with Gasteiger partial charge in [0.2, 0.25) is 0 Å². The molecule has 19 heavy (non-hydrogen) atoms. The lowest BCUT2D eigenvalue weighted by atomic mass is 10.2. The highest BCUT2D eigenvalue weighted by Gasteiger charge is 2.21. The van der Waals surface area contributed by atoms with Crippen LogP contribution in [0.3, 0.4) is 0 Å². The minimum absolute atomic E-state index is 0.653. The lowest BCUT2D eigenvalue weighted by molar-refractivity contribution is 0.416. The number of rotatable bonds is 5. The normalized spacial score (nSPS) is 14.6. The molecule has 0 bridgehead atoms. The maximum atomic E-state index is 5.96. The molecule has 6 heteroatoms. The maximum Gasteiger partial charge on any atom is 0.151 e. The molecule has 0 unspecified atom stereocenters. The first kappa shape index (κ1) is 12.8. The minimum atomic E-state index is 0.653. The second-order valence-corrected chi connectivity index (χ2v) is 6.00. The summed E-state index contributed by atoms with van der Waals surface area (Å²) < 4.78 is 5.34. The van der Waals surface area contributed by atoms with Crippen LogP contribution in [0.4, 0.5) is 0 Å². The van der Waals surface area contributed by atoms with Gasteiger partial charge in [-0.2, -0.15) is 0 Å². The molecule has 1 N–H and O–H groups in total. The molecule has 4 nitrogen and oxygen atoms in total. The summed E-state index contributed by atoms with van der Waals surface area (Å²) in [7, 11) is 1.63. The summed E-state index contributed by atoms with van der Waals surface area (Å²) in [5.41, 5.74) is 0.932. The largest absolute Gasteiger partial charge is 0.496 e. The van der Waals surface area contributed by atoms with Gasteiger partial charge >= 0.3 is 0 Å². The van der Waals surface area contributed by atoms with Crippen LogP contribution in [0.1, 0.15) is 17.8 Å². The van der Waals surface area contributed by atoms with E-state index in [-0.39, 0.29) is 0 Å². The average Bonchev–Trinajstić information content (AvgIpc) is 3.14. The Labute approximate surface area is 120 Å². The van der Waals surface area contributed by atoms with Crippen molar-refractivity contribution in [3.05, 3.63) is 28.2 Å². The van der Waals surface area contributed by atoms with Crippen LogP contribution in [0.15, 0.2) is 18.2 Å². The van der Waals surface area contributed by atoms with Crippen LogP contribution in [0.25, 0.3) is 10.6 Å². The van der Waals surface area contributed by atoms with Crippen molar-refractivity contribution in [1.82, 2.24) is 15.5 Å². The van der Waals surface area contributed by atoms with E-state index < -0.39 is 0 Å². The van der Waals surface area contributed by atoms with E-state index >= 15 is 0 Å². The smallest absolute Gasteiger partial charge is 0.151 e. The third-order valence-electron chi connectivity index (χ3n) is 2.98. The van der Waals surface area contributed by atoms with Crippen molar-refractivity contribution in [3.63, 3.8) is 0 Å². The Morgan fingerprint density at radius 2 is 2.26 bits per heavy atom. The summed E-state index contributed by atoms with van der Waals surface area (Å²) in [5, 5.41) is 14.4. The van der Waals surface area contributed by atoms with Gasteiger partial charge < -0.3 is 10.1 Å². The fourth-order valence-electron chi connectivity index (χ4n) is 1.79. The first-order valence-corrected chi connectivity index (χ1v) is 7.35. The van der Waals surface area contributed by atoms with Crippen LogP contribution in [-0.4, -0.2) is 23.3 Å². The Hall–Kier alpha value is -1.17. The quantitative estimate of drug-likeness (QED) is 0.921. The zero-order valence-electron chi connectivity index (χ0n) is 10.5. The number of hydrogen-bond donors (Lipinski definition) is 1. The number of benzene rings is 1. The molecule has 1 aliphatic carbocycles. The fourth-order valence-corrected chi connectivity index (χ4v) is 2.78. The van der Waals surface area contributed by atoms with Gasteiger partial charge in [0.1, 0.15) is 10.8 Å². The molecular formula is C13H14ClN3OS. The first-order chi connectivity index (χ1) is 9.26. The summed E-state index contributed by atoms with van der Waals surface area (Å²) in [5.74, 6) is 0.727. The van der Waals surface area contributed by atoms with E-state index in [1.165, 1.54) is 12.8 Å². The van der Waals surface area contributed by atoms with Gasteiger partial charge in [0.15, 0.2) is 5.01 Å². The maximum absolute atomic E-state index is 5.96. The van der Waals surface area contributed by atoms with Crippen LogP contribution >= 0.6 is 22.9 Å². The molecule has 1 aromatic heterocycles. The molecule has 0 radical (unpaired) electrons. The molecule has 1 saturated carbocycles. The molecule has 100 valence electrons. The first-order valence-electron chi connectivity index (χ1n) is 6.16. The van der Waals surface area contributed by atoms with Crippen LogP contribution in [0.5, 0.6) is 5.75 Å². The summed E-state index contributed by atoms with van der Waals surface area (Å²) in [4.78, 5) is 0. The summed E-state index contributed by atoms with van der Waals surface area (Å²) in [6.45, 7) is 0.790. The second-order valence-electron chi connectivity index (χ2n) is 4.50. The summed E-state index contributed by atoms with van der Waals surface area (Å²) in [6.07, 6.45) is 2.55. The Bertz CT molecular complexity index is 583. The molecule has 2 aromatic rings. The fraction of sp³-hybridized carbons (Fsp3) is 0.385. The number of nitrogens with zero attached hydrogens (tertiary/aromatic N) is 2. The second kappa shape index (κ2) is 5.45. The molecule has 1 aliphatic rings. The molecule has 1 aromatic carbocycles. The van der Waals surface area contributed by atoms with Crippen LogP contribution < -0.4 is 10.1 Å². The van der Waals surface area contributed by atoms with E-state index in [2.05, 4.69) is 15.5 Å². The number of halogens is 1. The van der Waals surface area contributed by atoms with E-state index in [1.807, 2.05) is 12.1 Å². The van der Waals surface area contributed by atoms with Crippen LogP contribution in [0, 0.1) is 0 Å². The highest BCUT2D eigenvalue weighted by atomic mass is 35.5. The molecule has 0 atom stereocenters. The van der Waals surface area contributed by atoms with Gasteiger partial charge in [-0.25, -0.2) is 0 Å². The number of hydrogen-bond acceptors (Lipinski definition) is 5. The average molecular weight is 296 g/mol. The van der Waals surface area contributed by atoms with Crippen molar-refractivity contribution in [2.24, 2.45) is 0 Å². The molecular weight excluding hydrogens is 282 g/mol. The molecule has 3 rings (SSSR count). The molecule has 1 heterocycles. The predicted octanol–water partition coefficient (Wildman–Crippen LogP) is 3.12. The van der Waals surface area contributed by atoms with Crippen molar-refractivity contribution in [1.29, 1.82) is 0 Å². The number of ether oxygens (including phenoxy) is 1. The Morgan fingerprint density at radius 3 is 3.00 bits per heavy atom. The van der Waals surface area contributed by atoms with E-state index in [9.17, 15) is 0 Å². The van der Waals surface area contributed by atoms with Crippen molar-refractivity contribution in [2.75, 3.05) is 7.11 Å². The standard InChI is InChI=1S/C13H14ClN3OS/c1-18-11-6-8(14)2-5-10(11)13-17-16-12(19-13)7-15-9-3-4-9/h2,5-6,9,15H,3-4,7H2,1H3. The third-order valence-corrected chi connectivity index (χ3v) is 4.17. The van der Waals surface area contributed by atoms with E-state index in [1.54, 1.807) is 24.5 Å². The Balaban J connectivity index is 1.80. The summed E-state index contributed by atoms with van der Waals surface area (Å²) >= 11 is 7.54. The molecule has 0 saturated heterocycles. The Morgan fingerprint density at radius 1 is 1.42 bits per heavy atom. The van der Waals surface area contributed by atoms with Crippen molar-refractivity contribution < 1.29 is 4.74 Å². The topological polar surface area (TPSA) is 47.0 Å². The van der Waals surface area contributed by atoms with Crippen molar-refractivity contribution in [3.8, 4) is 16.3 Å². The number of nitrogens with one attached hydrogen (secondary N) is 1. The monoisotopic (exact) mass is 295 g/mol. The summed E-state index contributed by atoms with van der Waals surface area (Å²) in [6, 6.07) is 6.22. The molecule has 0 spiro atoms. The molecule has 0 amide bonds. The van der Waals surface area contributed by atoms with Gasteiger partial charge in [-0.05, 0) is 31.0 Å².